The zero-order valence-electron chi connectivity index (χ0n) is 6.09. The summed E-state index contributed by atoms with van der Waals surface area (Å²) in [6.07, 6.45) is 4.21. The lowest BCUT2D eigenvalue weighted by atomic mass is 10.3. The van der Waals surface area contributed by atoms with Crippen molar-refractivity contribution in [3.8, 4) is 0 Å². The first kappa shape index (κ1) is 6.40. The summed E-state index contributed by atoms with van der Waals surface area (Å²) in [5.74, 6) is 0. The van der Waals surface area contributed by atoms with E-state index < -0.39 is 0 Å². The molecule has 0 saturated heterocycles. The van der Waals surface area contributed by atoms with Crippen molar-refractivity contribution in [3.05, 3.63) is 24.4 Å². The Morgan fingerprint density at radius 2 is 2.33 bits per heavy atom. The second-order valence-corrected chi connectivity index (χ2v) is 2.64. The van der Waals surface area contributed by atoms with Crippen LogP contribution < -0.4 is 0 Å². The van der Waals surface area contributed by atoms with Gasteiger partial charge >= 0.3 is 0 Å². The molecule has 0 bridgehead atoms. The summed E-state index contributed by atoms with van der Waals surface area (Å²) in [7, 11) is 0. The van der Waals surface area contributed by atoms with Crippen LogP contribution in [0.5, 0.6) is 0 Å². The van der Waals surface area contributed by atoms with E-state index in [-0.39, 0.29) is 0 Å². The van der Waals surface area contributed by atoms with E-state index in [2.05, 4.69) is 37.5 Å². The van der Waals surface area contributed by atoms with E-state index in [1.54, 1.807) is 0 Å². The summed E-state index contributed by atoms with van der Waals surface area (Å²) in [6.45, 7) is 9.29. The van der Waals surface area contributed by atoms with Crippen molar-refractivity contribution in [1.29, 1.82) is 0 Å². The highest BCUT2D eigenvalue weighted by molar-refractivity contribution is 5.21. The summed E-state index contributed by atoms with van der Waals surface area (Å²) >= 11 is 0. The summed E-state index contributed by atoms with van der Waals surface area (Å²) in [6, 6.07) is 0.590. The van der Waals surface area contributed by atoms with Crippen LogP contribution >= 0.6 is 0 Å². The van der Waals surface area contributed by atoms with E-state index in [1.807, 2.05) is 0 Å². The van der Waals surface area contributed by atoms with Crippen molar-refractivity contribution in [2.24, 2.45) is 0 Å². The first-order chi connectivity index (χ1) is 4.22. The molecule has 0 N–H and O–H groups in total. The van der Waals surface area contributed by atoms with E-state index in [9.17, 15) is 0 Å². The van der Waals surface area contributed by atoms with E-state index in [4.69, 9.17) is 0 Å². The third-order valence-corrected chi connectivity index (χ3v) is 1.60. The summed E-state index contributed by atoms with van der Waals surface area (Å²) in [4.78, 5) is 2.26. The molecule has 0 saturated carbocycles. The van der Waals surface area contributed by atoms with Crippen molar-refractivity contribution < 1.29 is 0 Å². The molecular weight excluding hydrogens is 110 g/mol. The van der Waals surface area contributed by atoms with Crippen molar-refractivity contribution in [2.45, 2.75) is 19.9 Å². The van der Waals surface area contributed by atoms with Crippen LogP contribution in [-0.4, -0.2) is 17.5 Å². The summed E-state index contributed by atoms with van der Waals surface area (Å²) < 4.78 is 0. The van der Waals surface area contributed by atoms with Gasteiger partial charge in [0.2, 0.25) is 0 Å². The third kappa shape index (κ3) is 1.15. The van der Waals surface area contributed by atoms with Crippen LogP contribution in [0.4, 0.5) is 0 Å². The normalized spacial score (nSPS) is 18.1. The molecule has 1 heterocycles. The van der Waals surface area contributed by atoms with Crippen LogP contribution in [0, 0.1) is 0 Å². The first-order valence-corrected chi connectivity index (χ1v) is 3.34. The average Bonchev–Trinajstić information content (AvgIpc) is 2.13. The van der Waals surface area contributed by atoms with Gasteiger partial charge < -0.3 is 4.90 Å². The summed E-state index contributed by atoms with van der Waals surface area (Å²) in [5.41, 5.74) is 1.14. The molecule has 1 heteroatoms. The van der Waals surface area contributed by atoms with Crippen LogP contribution in [0.2, 0.25) is 0 Å². The van der Waals surface area contributed by atoms with Gasteiger partial charge in [-0.25, -0.2) is 0 Å². The minimum absolute atomic E-state index is 0.590. The van der Waals surface area contributed by atoms with Gasteiger partial charge in [-0.15, -0.1) is 0 Å². The monoisotopic (exact) mass is 123 g/mol. The molecule has 0 spiro atoms. The topological polar surface area (TPSA) is 3.24 Å². The van der Waals surface area contributed by atoms with Gasteiger partial charge in [0, 0.05) is 18.3 Å². The number of nitrogens with zero attached hydrogens (tertiary/aromatic N) is 1. The van der Waals surface area contributed by atoms with Crippen LogP contribution in [0.1, 0.15) is 13.8 Å². The lowest BCUT2D eigenvalue weighted by molar-refractivity contribution is 0.336. The molecule has 1 rings (SSSR count). The lowest BCUT2D eigenvalue weighted by Gasteiger charge is -2.23. The molecule has 0 aromatic rings. The molecule has 1 nitrogen and oxygen atoms in total. The Kier molecular flexibility index (Phi) is 1.60. The fourth-order valence-corrected chi connectivity index (χ4v) is 1.06. The Hall–Kier alpha value is -0.720. The maximum absolute atomic E-state index is 3.90. The highest BCUT2D eigenvalue weighted by atomic mass is 15.2. The Balaban J connectivity index is 2.56. The average molecular weight is 123 g/mol. The molecule has 0 aromatic carbocycles. The highest BCUT2D eigenvalue weighted by Crippen LogP contribution is 2.13. The zero-order chi connectivity index (χ0) is 6.85. The Bertz CT molecular complexity index is 145. The predicted octanol–water partition coefficient (Wildman–Crippen LogP) is 1.78. The zero-order valence-corrected chi connectivity index (χ0v) is 6.09. The molecule has 0 aromatic heterocycles. The highest BCUT2D eigenvalue weighted by Gasteiger charge is 2.11. The fourth-order valence-electron chi connectivity index (χ4n) is 1.06. The maximum atomic E-state index is 3.90. The minimum Gasteiger partial charge on any atom is -0.366 e. The first-order valence-electron chi connectivity index (χ1n) is 3.34. The SMILES string of the molecule is C=C1C=CCN1C(C)C. The molecule has 0 atom stereocenters. The molecule has 50 valence electrons. The van der Waals surface area contributed by atoms with E-state index >= 15 is 0 Å². The van der Waals surface area contributed by atoms with Crippen molar-refractivity contribution in [2.75, 3.05) is 6.54 Å². The smallest absolute Gasteiger partial charge is 0.0366 e. The van der Waals surface area contributed by atoms with Gasteiger partial charge in [0.05, 0.1) is 0 Å². The number of allylic oxidation sites excluding steroid dienone is 1. The molecule has 1 aliphatic rings. The second-order valence-electron chi connectivity index (χ2n) is 2.64. The van der Waals surface area contributed by atoms with Gasteiger partial charge in [-0.05, 0) is 19.9 Å². The van der Waals surface area contributed by atoms with Crippen molar-refractivity contribution >= 4 is 0 Å². The van der Waals surface area contributed by atoms with E-state index in [0.717, 1.165) is 12.2 Å². The second kappa shape index (κ2) is 2.26. The van der Waals surface area contributed by atoms with Gasteiger partial charge in [-0.1, -0.05) is 12.7 Å². The molecule has 0 amide bonds. The van der Waals surface area contributed by atoms with Gasteiger partial charge in [0.1, 0.15) is 0 Å². The summed E-state index contributed by atoms with van der Waals surface area (Å²) in [5, 5.41) is 0. The quantitative estimate of drug-likeness (QED) is 0.513. The lowest BCUT2D eigenvalue weighted by Crippen LogP contribution is -2.25. The molecular formula is C8H13N. The van der Waals surface area contributed by atoms with Crippen LogP contribution in [0.15, 0.2) is 24.4 Å². The largest absolute Gasteiger partial charge is 0.366 e. The predicted molar refractivity (Wildman–Crippen MR) is 40.1 cm³/mol. The Morgan fingerprint density at radius 1 is 1.67 bits per heavy atom. The number of rotatable bonds is 1. The van der Waals surface area contributed by atoms with Crippen molar-refractivity contribution in [3.63, 3.8) is 0 Å². The van der Waals surface area contributed by atoms with Gasteiger partial charge in [-0.2, -0.15) is 0 Å². The van der Waals surface area contributed by atoms with Crippen LogP contribution in [0.25, 0.3) is 0 Å². The van der Waals surface area contributed by atoms with Gasteiger partial charge in [0.25, 0.3) is 0 Å². The molecule has 1 aliphatic heterocycles. The molecule has 9 heavy (non-hydrogen) atoms. The Labute approximate surface area is 56.7 Å². The molecule has 0 fully saturated rings. The third-order valence-electron chi connectivity index (χ3n) is 1.60. The van der Waals surface area contributed by atoms with Crippen LogP contribution in [-0.2, 0) is 0 Å². The van der Waals surface area contributed by atoms with Gasteiger partial charge in [0.15, 0.2) is 0 Å². The number of hydrogen-bond donors (Lipinski definition) is 0. The maximum Gasteiger partial charge on any atom is 0.0366 e. The van der Waals surface area contributed by atoms with Crippen molar-refractivity contribution in [1.82, 2.24) is 4.90 Å². The van der Waals surface area contributed by atoms with Gasteiger partial charge in [-0.3, -0.25) is 0 Å². The molecule has 0 aliphatic carbocycles. The molecule has 0 unspecified atom stereocenters. The fraction of sp³-hybridized carbons (Fsp3) is 0.500. The standard InChI is InChI=1S/C8H13N/c1-7(2)9-6-4-5-8(9)3/h4-5,7H,3,6H2,1-2H3. The minimum atomic E-state index is 0.590. The van der Waals surface area contributed by atoms with E-state index in [0.29, 0.717) is 6.04 Å². The van der Waals surface area contributed by atoms with E-state index in [1.165, 1.54) is 0 Å². The Morgan fingerprint density at radius 3 is 2.56 bits per heavy atom. The van der Waals surface area contributed by atoms with Crippen LogP contribution in [0.3, 0.4) is 0 Å². The molecule has 0 radical (unpaired) electrons. The number of hydrogen-bond acceptors (Lipinski definition) is 1.